The predicted molar refractivity (Wildman–Crippen MR) is 102 cm³/mol. The van der Waals surface area contributed by atoms with Gasteiger partial charge in [-0.3, -0.25) is 9.89 Å². The van der Waals surface area contributed by atoms with Crippen LogP contribution in [0.1, 0.15) is 29.9 Å². The van der Waals surface area contributed by atoms with Crippen LogP contribution in [0.2, 0.25) is 0 Å². The first-order valence-corrected chi connectivity index (χ1v) is 8.45. The molecule has 0 unspecified atom stereocenters. The van der Waals surface area contributed by atoms with E-state index in [9.17, 15) is 4.79 Å². The Morgan fingerprint density at radius 2 is 1.96 bits per heavy atom. The van der Waals surface area contributed by atoms with Crippen LogP contribution in [0.15, 0.2) is 30.3 Å². The number of nitrogens with one attached hydrogen (secondary N) is 2. The first-order chi connectivity index (χ1) is 12.3. The Balaban J connectivity index is 2.08. The molecule has 26 heavy (non-hydrogen) atoms. The number of carbonyl (C=O) groups is 1. The summed E-state index contributed by atoms with van der Waals surface area (Å²) in [6.45, 7) is 5.84. The fraction of sp³-hybridized carbons (Fsp3) is 0.316. The van der Waals surface area contributed by atoms with Crippen molar-refractivity contribution >= 4 is 28.3 Å². The molecule has 0 spiro atoms. The number of aromatic nitrogens is 3. The van der Waals surface area contributed by atoms with Crippen LogP contribution < -0.4 is 10.1 Å². The molecule has 0 radical (unpaired) electrons. The van der Waals surface area contributed by atoms with Crippen molar-refractivity contribution in [2.24, 2.45) is 0 Å². The van der Waals surface area contributed by atoms with Gasteiger partial charge < -0.3 is 15.0 Å². The highest BCUT2D eigenvalue weighted by Crippen LogP contribution is 2.29. The van der Waals surface area contributed by atoms with Crippen molar-refractivity contribution in [3.8, 4) is 5.88 Å². The lowest BCUT2D eigenvalue weighted by molar-refractivity contribution is 0.0827. The maximum absolute atomic E-state index is 12.3. The Hall–Kier alpha value is -3.09. The number of nitrogens with zero attached hydrogens (tertiary/aromatic N) is 3. The summed E-state index contributed by atoms with van der Waals surface area (Å²) in [6, 6.07) is 9.30. The Bertz CT molecular complexity index is 946. The number of benzene rings is 1. The molecule has 0 atom stereocenters. The third-order valence-corrected chi connectivity index (χ3v) is 3.76. The van der Waals surface area contributed by atoms with Crippen LogP contribution in [-0.4, -0.2) is 46.2 Å². The van der Waals surface area contributed by atoms with Crippen molar-refractivity contribution < 1.29 is 9.53 Å². The molecule has 1 aromatic carbocycles. The number of aromatic amines is 1. The van der Waals surface area contributed by atoms with Gasteiger partial charge in [0.05, 0.1) is 6.10 Å². The number of fused-ring (bicyclic) bond motifs is 1. The van der Waals surface area contributed by atoms with E-state index in [2.05, 4.69) is 20.5 Å². The first-order valence-electron chi connectivity index (χ1n) is 8.45. The van der Waals surface area contributed by atoms with Crippen LogP contribution in [0.3, 0.4) is 0 Å². The van der Waals surface area contributed by atoms with E-state index >= 15 is 0 Å². The standard InChI is InChI=1S/C19H23N5O2/c1-11(2)26-18-15-7-6-13(19(25)24(4)5)9-14(15)10-16(21-18)20-17-8-12(3)22-23-17/h6-11H,1-5H3,(H2,20,21,22,23). The normalized spacial score (nSPS) is 11.0. The number of H-pyrrole nitrogens is 1. The molecule has 2 aromatic heterocycles. The maximum Gasteiger partial charge on any atom is 0.253 e. The maximum atomic E-state index is 12.3. The summed E-state index contributed by atoms with van der Waals surface area (Å²) in [4.78, 5) is 18.4. The summed E-state index contributed by atoms with van der Waals surface area (Å²) in [5.41, 5.74) is 1.57. The number of rotatable bonds is 5. The number of hydrogen-bond acceptors (Lipinski definition) is 5. The zero-order valence-corrected chi connectivity index (χ0v) is 15.6. The van der Waals surface area contributed by atoms with E-state index < -0.39 is 0 Å². The molecule has 0 saturated heterocycles. The minimum absolute atomic E-state index is 0.0170. The van der Waals surface area contributed by atoms with Gasteiger partial charge in [-0.25, -0.2) is 0 Å². The highest BCUT2D eigenvalue weighted by Gasteiger charge is 2.14. The third kappa shape index (κ3) is 3.77. The van der Waals surface area contributed by atoms with E-state index in [-0.39, 0.29) is 12.0 Å². The minimum Gasteiger partial charge on any atom is -0.474 e. The molecule has 0 aliphatic carbocycles. The molecule has 7 nitrogen and oxygen atoms in total. The Morgan fingerprint density at radius 1 is 1.19 bits per heavy atom. The second-order valence-electron chi connectivity index (χ2n) is 6.68. The van der Waals surface area contributed by atoms with E-state index in [1.807, 2.05) is 45.0 Å². The molecular formula is C19H23N5O2. The molecule has 0 saturated carbocycles. The van der Waals surface area contributed by atoms with E-state index in [4.69, 9.17) is 4.74 Å². The summed E-state index contributed by atoms with van der Waals surface area (Å²) in [6.07, 6.45) is -0.0170. The molecule has 0 aliphatic heterocycles. The van der Waals surface area contributed by atoms with Gasteiger partial charge in [-0.15, -0.1) is 0 Å². The quantitative estimate of drug-likeness (QED) is 0.733. The fourth-order valence-corrected chi connectivity index (χ4v) is 2.61. The van der Waals surface area contributed by atoms with Crippen LogP contribution in [0.5, 0.6) is 5.88 Å². The molecule has 2 heterocycles. The zero-order chi connectivity index (χ0) is 18.8. The number of pyridine rings is 1. The Morgan fingerprint density at radius 3 is 2.58 bits per heavy atom. The molecule has 3 rings (SSSR count). The lowest BCUT2D eigenvalue weighted by Gasteiger charge is -2.15. The number of amides is 1. The van der Waals surface area contributed by atoms with Crippen molar-refractivity contribution in [3.63, 3.8) is 0 Å². The number of aryl methyl sites for hydroxylation is 1. The molecule has 2 N–H and O–H groups in total. The zero-order valence-electron chi connectivity index (χ0n) is 15.6. The van der Waals surface area contributed by atoms with Gasteiger partial charge in [0.15, 0.2) is 5.82 Å². The van der Waals surface area contributed by atoms with E-state index in [1.165, 1.54) is 0 Å². The van der Waals surface area contributed by atoms with Gasteiger partial charge >= 0.3 is 0 Å². The van der Waals surface area contributed by atoms with Gasteiger partial charge in [0.25, 0.3) is 5.91 Å². The Kier molecular flexibility index (Phi) is 4.79. The van der Waals surface area contributed by atoms with Gasteiger partial charge in [-0.2, -0.15) is 10.1 Å². The minimum atomic E-state index is -0.0486. The van der Waals surface area contributed by atoms with E-state index in [0.29, 0.717) is 23.1 Å². The highest BCUT2D eigenvalue weighted by atomic mass is 16.5. The molecule has 1 amide bonds. The van der Waals surface area contributed by atoms with Crippen molar-refractivity contribution in [2.45, 2.75) is 26.9 Å². The van der Waals surface area contributed by atoms with Gasteiger partial charge in [0.1, 0.15) is 5.82 Å². The summed E-state index contributed by atoms with van der Waals surface area (Å²) in [7, 11) is 3.47. The number of anilines is 2. The van der Waals surface area contributed by atoms with Crippen LogP contribution >= 0.6 is 0 Å². The Labute approximate surface area is 152 Å². The second kappa shape index (κ2) is 7.03. The average Bonchev–Trinajstić information content (AvgIpc) is 2.97. The topological polar surface area (TPSA) is 83.1 Å². The number of hydrogen-bond donors (Lipinski definition) is 2. The first kappa shape index (κ1) is 17.7. The second-order valence-corrected chi connectivity index (χ2v) is 6.68. The van der Waals surface area contributed by atoms with Crippen molar-refractivity contribution in [2.75, 3.05) is 19.4 Å². The largest absolute Gasteiger partial charge is 0.474 e. The smallest absolute Gasteiger partial charge is 0.253 e. The van der Waals surface area contributed by atoms with Crippen molar-refractivity contribution in [1.82, 2.24) is 20.1 Å². The molecule has 0 aliphatic rings. The number of carbonyl (C=O) groups excluding carboxylic acids is 1. The van der Waals surface area contributed by atoms with Crippen LogP contribution in [0.25, 0.3) is 10.8 Å². The lowest BCUT2D eigenvalue weighted by atomic mass is 10.1. The van der Waals surface area contributed by atoms with Gasteiger partial charge in [-0.1, -0.05) is 0 Å². The molecule has 3 aromatic rings. The van der Waals surface area contributed by atoms with Crippen LogP contribution in [0.4, 0.5) is 11.6 Å². The predicted octanol–water partition coefficient (Wildman–Crippen LogP) is 3.50. The van der Waals surface area contributed by atoms with E-state index in [1.54, 1.807) is 25.1 Å². The average molecular weight is 353 g/mol. The van der Waals surface area contributed by atoms with Gasteiger partial charge in [-0.05, 0) is 50.4 Å². The van der Waals surface area contributed by atoms with Gasteiger partial charge in [0, 0.05) is 36.8 Å². The number of ether oxygens (including phenoxy) is 1. The lowest BCUT2D eigenvalue weighted by Crippen LogP contribution is -2.21. The van der Waals surface area contributed by atoms with Gasteiger partial charge in [0.2, 0.25) is 5.88 Å². The van der Waals surface area contributed by atoms with Crippen LogP contribution in [0, 0.1) is 6.92 Å². The highest BCUT2D eigenvalue weighted by molar-refractivity contribution is 6.00. The molecule has 136 valence electrons. The van der Waals surface area contributed by atoms with Crippen molar-refractivity contribution in [3.05, 3.63) is 41.6 Å². The summed E-state index contributed by atoms with van der Waals surface area (Å²) >= 11 is 0. The molecule has 0 bridgehead atoms. The van der Waals surface area contributed by atoms with Crippen LogP contribution in [-0.2, 0) is 0 Å². The van der Waals surface area contributed by atoms with E-state index in [0.717, 1.165) is 16.5 Å². The SMILES string of the molecule is Cc1cc(Nc2cc3cc(C(=O)N(C)C)ccc3c(OC(C)C)n2)n[nH]1. The molecule has 0 fully saturated rings. The molecule has 7 heteroatoms. The van der Waals surface area contributed by atoms with Crippen molar-refractivity contribution in [1.29, 1.82) is 0 Å². The summed E-state index contributed by atoms with van der Waals surface area (Å²) < 4.78 is 5.88. The fourth-order valence-electron chi connectivity index (χ4n) is 2.61. The monoisotopic (exact) mass is 353 g/mol. The summed E-state index contributed by atoms with van der Waals surface area (Å²) in [5, 5.41) is 12.0. The summed E-state index contributed by atoms with van der Waals surface area (Å²) in [5.74, 6) is 1.75. The third-order valence-electron chi connectivity index (χ3n) is 3.76. The molecular weight excluding hydrogens is 330 g/mol.